The van der Waals surface area contributed by atoms with E-state index in [9.17, 15) is 5.26 Å². The molecule has 0 aromatic rings. The predicted molar refractivity (Wildman–Crippen MR) is 83.5 cm³/mol. The van der Waals surface area contributed by atoms with Crippen LogP contribution < -0.4 is 5.32 Å². The van der Waals surface area contributed by atoms with Crippen LogP contribution in [0.1, 0.15) is 65.2 Å². The van der Waals surface area contributed by atoms with Gasteiger partial charge in [0.05, 0.1) is 6.07 Å². The van der Waals surface area contributed by atoms with Gasteiger partial charge < -0.3 is 4.90 Å². The van der Waals surface area contributed by atoms with Gasteiger partial charge in [-0.15, -0.1) is 0 Å². The molecule has 1 N–H and O–H groups in total. The molecule has 0 radical (unpaired) electrons. The molecule has 3 heteroatoms. The van der Waals surface area contributed by atoms with E-state index in [2.05, 4.69) is 30.1 Å². The van der Waals surface area contributed by atoms with E-state index >= 15 is 0 Å². The Hall–Kier alpha value is -0.590. The van der Waals surface area contributed by atoms with E-state index in [1.54, 1.807) is 0 Å². The third-order valence-corrected chi connectivity index (χ3v) is 5.14. The van der Waals surface area contributed by atoms with Crippen molar-refractivity contribution in [2.45, 2.75) is 76.8 Å². The summed E-state index contributed by atoms with van der Waals surface area (Å²) >= 11 is 0. The summed E-state index contributed by atoms with van der Waals surface area (Å²) in [5.74, 6) is 0.551. The van der Waals surface area contributed by atoms with Crippen LogP contribution in [0, 0.1) is 17.2 Å². The lowest BCUT2D eigenvalue weighted by Gasteiger charge is -2.31. The maximum atomic E-state index is 9.62. The molecule has 0 bridgehead atoms. The number of hydrogen-bond acceptors (Lipinski definition) is 3. The van der Waals surface area contributed by atoms with Gasteiger partial charge in [-0.1, -0.05) is 26.7 Å². The van der Waals surface area contributed by atoms with Gasteiger partial charge in [-0.2, -0.15) is 5.26 Å². The molecule has 2 rings (SSSR count). The highest BCUT2D eigenvalue weighted by Gasteiger charge is 2.42. The standard InChI is InChI=1S/C17H31N3/c1-3-5-12-20(16-8-9-16)13-10-15-7-6-11-17(15,14-18)19-4-2/h15-16,19H,3-13H2,1-2H3. The Morgan fingerprint density at radius 2 is 2.05 bits per heavy atom. The first-order chi connectivity index (χ1) is 9.75. The van der Waals surface area contributed by atoms with E-state index in [-0.39, 0.29) is 5.54 Å². The second-order valence-electron chi connectivity index (χ2n) is 6.61. The van der Waals surface area contributed by atoms with Gasteiger partial charge in [-0.25, -0.2) is 0 Å². The van der Waals surface area contributed by atoms with Crippen LogP contribution in [0.25, 0.3) is 0 Å². The highest BCUT2D eigenvalue weighted by Crippen LogP contribution is 2.38. The maximum Gasteiger partial charge on any atom is 0.109 e. The Morgan fingerprint density at radius 1 is 1.25 bits per heavy atom. The summed E-state index contributed by atoms with van der Waals surface area (Å²) in [4.78, 5) is 2.69. The molecular weight excluding hydrogens is 246 g/mol. The molecule has 2 aliphatic rings. The normalized spacial score (nSPS) is 29.8. The van der Waals surface area contributed by atoms with Crippen LogP contribution in [-0.2, 0) is 0 Å². The van der Waals surface area contributed by atoms with Crippen LogP contribution in [0.4, 0.5) is 0 Å². The largest absolute Gasteiger partial charge is 0.300 e. The summed E-state index contributed by atoms with van der Waals surface area (Å²) in [6.45, 7) is 7.76. The van der Waals surface area contributed by atoms with Gasteiger partial charge in [0.1, 0.15) is 5.54 Å². The van der Waals surface area contributed by atoms with Crippen molar-refractivity contribution < 1.29 is 0 Å². The number of hydrogen-bond donors (Lipinski definition) is 1. The Kier molecular flexibility index (Phi) is 5.86. The Bertz CT molecular complexity index is 332. The Balaban J connectivity index is 1.86. The topological polar surface area (TPSA) is 39.1 Å². The molecule has 2 unspecified atom stereocenters. The van der Waals surface area contributed by atoms with Crippen molar-refractivity contribution in [1.82, 2.24) is 10.2 Å². The molecule has 114 valence electrons. The van der Waals surface area contributed by atoms with Crippen molar-refractivity contribution in [2.75, 3.05) is 19.6 Å². The molecule has 2 atom stereocenters. The molecule has 2 fully saturated rings. The van der Waals surface area contributed by atoms with Crippen LogP contribution in [0.15, 0.2) is 0 Å². The summed E-state index contributed by atoms with van der Waals surface area (Å²) in [6.07, 6.45) is 10.1. The van der Waals surface area contributed by atoms with Gasteiger partial charge in [0, 0.05) is 6.04 Å². The predicted octanol–water partition coefficient (Wildman–Crippen LogP) is 3.31. The summed E-state index contributed by atoms with van der Waals surface area (Å²) in [5, 5.41) is 13.1. The second kappa shape index (κ2) is 7.43. The van der Waals surface area contributed by atoms with E-state index < -0.39 is 0 Å². The Morgan fingerprint density at radius 3 is 2.65 bits per heavy atom. The minimum Gasteiger partial charge on any atom is -0.300 e. The molecule has 0 aromatic heterocycles. The number of nitriles is 1. The fourth-order valence-corrected chi connectivity index (χ4v) is 3.80. The zero-order valence-corrected chi connectivity index (χ0v) is 13.3. The van der Waals surface area contributed by atoms with Crippen LogP contribution in [0.3, 0.4) is 0 Å². The first-order valence-corrected chi connectivity index (χ1v) is 8.66. The summed E-state index contributed by atoms with van der Waals surface area (Å²) in [5.41, 5.74) is -0.227. The molecule has 3 nitrogen and oxygen atoms in total. The average molecular weight is 277 g/mol. The van der Waals surface area contributed by atoms with Gasteiger partial charge in [-0.3, -0.25) is 5.32 Å². The van der Waals surface area contributed by atoms with E-state index in [4.69, 9.17) is 0 Å². The number of rotatable bonds is 9. The van der Waals surface area contributed by atoms with E-state index in [1.165, 1.54) is 58.0 Å². The molecule has 0 aliphatic heterocycles. The number of nitrogens with one attached hydrogen (secondary N) is 1. The smallest absolute Gasteiger partial charge is 0.109 e. The molecule has 0 spiro atoms. The fraction of sp³-hybridized carbons (Fsp3) is 0.941. The van der Waals surface area contributed by atoms with Crippen LogP contribution in [0.5, 0.6) is 0 Å². The number of unbranched alkanes of at least 4 members (excludes halogenated alkanes) is 1. The zero-order chi connectivity index (χ0) is 14.4. The molecule has 20 heavy (non-hydrogen) atoms. The van der Waals surface area contributed by atoms with Crippen molar-refractivity contribution in [2.24, 2.45) is 5.92 Å². The highest BCUT2D eigenvalue weighted by atomic mass is 15.2. The molecule has 0 amide bonds. The first-order valence-electron chi connectivity index (χ1n) is 8.66. The highest BCUT2D eigenvalue weighted by molar-refractivity contribution is 5.14. The molecule has 2 saturated carbocycles. The van der Waals surface area contributed by atoms with Crippen molar-refractivity contribution in [3.63, 3.8) is 0 Å². The summed E-state index contributed by atoms with van der Waals surface area (Å²) in [7, 11) is 0. The SMILES string of the molecule is CCCCN(CCC1CCCC1(C#N)NCC)C1CC1. The van der Waals surface area contributed by atoms with E-state index in [0.717, 1.165) is 19.0 Å². The first kappa shape index (κ1) is 15.8. The van der Waals surface area contributed by atoms with Gasteiger partial charge >= 0.3 is 0 Å². The Labute approximate surface area is 124 Å². The van der Waals surface area contributed by atoms with Crippen molar-refractivity contribution in [1.29, 1.82) is 5.26 Å². The molecule has 0 aromatic carbocycles. The lowest BCUT2D eigenvalue weighted by atomic mass is 9.85. The van der Waals surface area contributed by atoms with Crippen LogP contribution in [0.2, 0.25) is 0 Å². The fourth-order valence-electron chi connectivity index (χ4n) is 3.80. The monoisotopic (exact) mass is 277 g/mol. The van der Waals surface area contributed by atoms with Gasteiger partial charge in [0.2, 0.25) is 0 Å². The van der Waals surface area contributed by atoms with Gasteiger partial charge in [-0.05, 0) is 64.1 Å². The van der Waals surface area contributed by atoms with Crippen LogP contribution in [-0.4, -0.2) is 36.1 Å². The van der Waals surface area contributed by atoms with Crippen LogP contribution >= 0.6 is 0 Å². The molecule has 0 heterocycles. The lowest BCUT2D eigenvalue weighted by molar-refractivity contribution is 0.214. The lowest BCUT2D eigenvalue weighted by Crippen LogP contribution is -2.47. The quantitative estimate of drug-likeness (QED) is 0.703. The van der Waals surface area contributed by atoms with Crippen molar-refractivity contribution in [3.8, 4) is 6.07 Å². The minimum absolute atomic E-state index is 0.227. The maximum absolute atomic E-state index is 9.62. The third kappa shape index (κ3) is 3.74. The molecule has 2 aliphatic carbocycles. The summed E-state index contributed by atoms with van der Waals surface area (Å²) < 4.78 is 0. The second-order valence-corrected chi connectivity index (χ2v) is 6.61. The average Bonchev–Trinajstić information content (AvgIpc) is 3.22. The summed E-state index contributed by atoms with van der Waals surface area (Å²) in [6, 6.07) is 3.47. The number of nitrogens with zero attached hydrogens (tertiary/aromatic N) is 2. The minimum atomic E-state index is -0.227. The molecule has 0 saturated heterocycles. The third-order valence-electron chi connectivity index (χ3n) is 5.14. The van der Waals surface area contributed by atoms with E-state index in [1.807, 2.05) is 0 Å². The zero-order valence-electron chi connectivity index (χ0n) is 13.3. The van der Waals surface area contributed by atoms with Crippen molar-refractivity contribution >= 4 is 0 Å². The van der Waals surface area contributed by atoms with Gasteiger partial charge in [0.15, 0.2) is 0 Å². The molecular formula is C17H31N3. The van der Waals surface area contributed by atoms with E-state index in [0.29, 0.717) is 5.92 Å². The van der Waals surface area contributed by atoms with Crippen molar-refractivity contribution in [3.05, 3.63) is 0 Å². The van der Waals surface area contributed by atoms with Gasteiger partial charge in [0.25, 0.3) is 0 Å².